The second kappa shape index (κ2) is 8.07. The SMILES string of the molecule is CCC(CC)NCCN1CCN(CC(F)(F)F)CC1. The summed E-state index contributed by atoms with van der Waals surface area (Å²) >= 11 is 0. The standard InChI is InChI=1S/C13H26F3N3/c1-3-12(4-2)17-5-6-18-7-9-19(10-8-18)11-13(14,15)16/h12,17H,3-11H2,1-2H3. The predicted molar refractivity (Wildman–Crippen MR) is 71.3 cm³/mol. The molecule has 1 saturated heterocycles. The Labute approximate surface area is 114 Å². The van der Waals surface area contributed by atoms with E-state index in [1.54, 1.807) is 0 Å². The minimum atomic E-state index is -4.07. The number of hydrogen-bond acceptors (Lipinski definition) is 3. The molecule has 0 unspecified atom stereocenters. The van der Waals surface area contributed by atoms with Gasteiger partial charge in [-0.05, 0) is 12.8 Å². The van der Waals surface area contributed by atoms with Crippen molar-refractivity contribution in [1.29, 1.82) is 0 Å². The molecule has 0 amide bonds. The first-order chi connectivity index (χ1) is 8.94. The Hall–Kier alpha value is -0.330. The van der Waals surface area contributed by atoms with Crippen molar-refractivity contribution in [2.24, 2.45) is 0 Å². The van der Waals surface area contributed by atoms with Crippen molar-refractivity contribution in [3.8, 4) is 0 Å². The first kappa shape index (κ1) is 16.7. The lowest BCUT2D eigenvalue weighted by Crippen LogP contribution is -2.50. The summed E-state index contributed by atoms with van der Waals surface area (Å²) in [6, 6.07) is 0.562. The van der Waals surface area contributed by atoms with E-state index in [0.717, 1.165) is 39.0 Å². The van der Waals surface area contributed by atoms with Crippen molar-refractivity contribution in [2.45, 2.75) is 38.9 Å². The predicted octanol–water partition coefficient (Wildman–Crippen LogP) is 1.94. The summed E-state index contributed by atoms with van der Waals surface area (Å²) in [6.07, 6.45) is -1.83. The molecule has 0 saturated carbocycles. The highest BCUT2D eigenvalue weighted by molar-refractivity contribution is 4.75. The molecule has 1 aliphatic heterocycles. The van der Waals surface area contributed by atoms with Crippen LogP contribution in [-0.2, 0) is 0 Å². The molecule has 1 N–H and O–H groups in total. The first-order valence-corrected chi connectivity index (χ1v) is 7.19. The third-order valence-electron chi connectivity index (χ3n) is 3.71. The van der Waals surface area contributed by atoms with Gasteiger partial charge in [-0.3, -0.25) is 9.80 Å². The zero-order valence-corrected chi connectivity index (χ0v) is 12.0. The monoisotopic (exact) mass is 281 g/mol. The Balaban J connectivity index is 2.13. The van der Waals surface area contributed by atoms with Gasteiger partial charge < -0.3 is 5.32 Å². The maximum absolute atomic E-state index is 12.2. The first-order valence-electron chi connectivity index (χ1n) is 7.19. The van der Waals surface area contributed by atoms with Crippen LogP contribution >= 0.6 is 0 Å². The largest absolute Gasteiger partial charge is 0.401 e. The van der Waals surface area contributed by atoms with Gasteiger partial charge in [0.05, 0.1) is 6.54 Å². The van der Waals surface area contributed by atoms with Gasteiger partial charge in [-0.2, -0.15) is 13.2 Å². The zero-order chi connectivity index (χ0) is 14.3. The van der Waals surface area contributed by atoms with Gasteiger partial charge in [0.1, 0.15) is 0 Å². The Bertz CT molecular complexity index is 234. The summed E-state index contributed by atoms with van der Waals surface area (Å²) in [5.41, 5.74) is 0. The maximum atomic E-state index is 12.2. The second-order valence-electron chi connectivity index (χ2n) is 5.20. The van der Waals surface area contributed by atoms with Crippen LogP contribution in [0.5, 0.6) is 0 Å². The van der Waals surface area contributed by atoms with Crippen LogP contribution in [-0.4, -0.2) is 67.8 Å². The number of piperazine rings is 1. The molecule has 19 heavy (non-hydrogen) atoms. The van der Waals surface area contributed by atoms with E-state index in [2.05, 4.69) is 24.1 Å². The molecule has 0 bridgehead atoms. The molecule has 114 valence electrons. The van der Waals surface area contributed by atoms with Crippen LogP contribution in [0.4, 0.5) is 13.2 Å². The Morgan fingerprint density at radius 3 is 2.00 bits per heavy atom. The fourth-order valence-electron chi connectivity index (χ4n) is 2.43. The van der Waals surface area contributed by atoms with Gasteiger partial charge in [0.25, 0.3) is 0 Å². The van der Waals surface area contributed by atoms with Crippen LogP contribution in [0.2, 0.25) is 0 Å². The third-order valence-corrected chi connectivity index (χ3v) is 3.71. The zero-order valence-electron chi connectivity index (χ0n) is 12.0. The topological polar surface area (TPSA) is 18.5 Å². The van der Waals surface area contributed by atoms with Crippen LogP contribution in [0.3, 0.4) is 0 Å². The van der Waals surface area contributed by atoms with E-state index in [4.69, 9.17) is 0 Å². The molecule has 1 aliphatic rings. The molecule has 3 nitrogen and oxygen atoms in total. The van der Waals surface area contributed by atoms with Crippen LogP contribution < -0.4 is 5.32 Å². The molecule has 0 atom stereocenters. The van der Waals surface area contributed by atoms with Crippen molar-refractivity contribution in [1.82, 2.24) is 15.1 Å². The average molecular weight is 281 g/mol. The van der Waals surface area contributed by atoms with E-state index < -0.39 is 12.7 Å². The molecule has 0 aliphatic carbocycles. The van der Waals surface area contributed by atoms with Gasteiger partial charge in [0.15, 0.2) is 0 Å². The Morgan fingerprint density at radius 1 is 1.00 bits per heavy atom. The van der Waals surface area contributed by atoms with E-state index in [-0.39, 0.29) is 0 Å². The van der Waals surface area contributed by atoms with Crippen LogP contribution in [0, 0.1) is 0 Å². The van der Waals surface area contributed by atoms with E-state index >= 15 is 0 Å². The molecule has 1 heterocycles. The van der Waals surface area contributed by atoms with Crippen LogP contribution in [0.15, 0.2) is 0 Å². The third kappa shape index (κ3) is 7.13. The molecule has 1 rings (SSSR count). The van der Waals surface area contributed by atoms with E-state index in [0.29, 0.717) is 19.1 Å². The minimum Gasteiger partial charge on any atom is -0.313 e. The van der Waals surface area contributed by atoms with Gasteiger partial charge in [-0.15, -0.1) is 0 Å². The fourth-order valence-corrected chi connectivity index (χ4v) is 2.43. The lowest BCUT2D eigenvalue weighted by atomic mass is 10.2. The summed E-state index contributed by atoms with van der Waals surface area (Å²) in [5, 5.41) is 3.48. The Morgan fingerprint density at radius 2 is 1.53 bits per heavy atom. The van der Waals surface area contributed by atoms with Crippen molar-refractivity contribution in [3.63, 3.8) is 0 Å². The van der Waals surface area contributed by atoms with Crippen molar-refractivity contribution < 1.29 is 13.2 Å². The number of nitrogens with zero attached hydrogens (tertiary/aromatic N) is 2. The molecule has 6 heteroatoms. The number of alkyl halides is 3. The molecule has 0 aromatic carbocycles. The number of rotatable bonds is 7. The highest BCUT2D eigenvalue weighted by atomic mass is 19.4. The Kier molecular flexibility index (Phi) is 7.10. The highest BCUT2D eigenvalue weighted by Gasteiger charge is 2.31. The highest BCUT2D eigenvalue weighted by Crippen LogP contribution is 2.17. The van der Waals surface area contributed by atoms with Crippen LogP contribution in [0.1, 0.15) is 26.7 Å². The van der Waals surface area contributed by atoms with Gasteiger partial charge in [0.2, 0.25) is 0 Å². The molecule has 0 radical (unpaired) electrons. The van der Waals surface area contributed by atoms with Crippen molar-refractivity contribution >= 4 is 0 Å². The average Bonchev–Trinajstić information content (AvgIpc) is 2.35. The molecular weight excluding hydrogens is 255 g/mol. The number of hydrogen-bond donors (Lipinski definition) is 1. The summed E-state index contributed by atoms with van der Waals surface area (Å²) < 4.78 is 36.7. The van der Waals surface area contributed by atoms with Crippen LogP contribution in [0.25, 0.3) is 0 Å². The van der Waals surface area contributed by atoms with E-state index in [9.17, 15) is 13.2 Å². The van der Waals surface area contributed by atoms with Crippen molar-refractivity contribution in [2.75, 3.05) is 45.8 Å². The second-order valence-corrected chi connectivity index (χ2v) is 5.20. The van der Waals surface area contributed by atoms with Crippen molar-refractivity contribution in [3.05, 3.63) is 0 Å². The van der Waals surface area contributed by atoms with E-state index in [1.165, 1.54) is 4.90 Å². The number of nitrogens with one attached hydrogen (secondary N) is 1. The molecule has 0 aromatic rings. The number of halogens is 3. The molecule has 0 spiro atoms. The smallest absolute Gasteiger partial charge is 0.313 e. The molecular formula is C13H26F3N3. The fraction of sp³-hybridized carbons (Fsp3) is 1.00. The minimum absolute atomic E-state index is 0.518. The lowest BCUT2D eigenvalue weighted by molar-refractivity contribution is -0.149. The summed E-state index contributed by atoms with van der Waals surface area (Å²) in [4.78, 5) is 3.73. The van der Waals surface area contributed by atoms with Gasteiger partial charge in [0, 0.05) is 45.3 Å². The summed E-state index contributed by atoms with van der Waals surface area (Å²) in [5.74, 6) is 0. The summed E-state index contributed by atoms with van der Waals surface area (Å²) in [7, 11) is 0. The maximum Gasteiger partial charge on any atom is 0.401 e. The van der Waals surface area contributed by atoms with Gasteiger partial charge >= 0.3 is 6.18 Å². The lowest BCUT2D eigenvalue weighted by Gasteiger charge is -2.35. The summed E-state index contributed by atoms with van der Waals surface area (Å²) in [6.45, 7) is 7.92. The molecule has 1 fully saturated rings. The van der Waals surface area contributed by atoms with Gasteiger partial charge in [-0.1, -0.05) is 13.8 Å². The van der Waals surface area contributed by atoms with Gasteiger partial charge in [-0.25, -0.2) is 0 Å². The quantitative estimate of drug-likeness (QED) is 0.769. The normalized spacial score (nSPS) is 19.3. The molecule has 0 aromatic heterocycles. The van der Waals surface area contributed by atoms with E-state index in [1.807, 2.05) is 0 Å².